The van der Waals surface area contributed by atoms with Crippen molar-refractivity contribution in [3.63, 3.8) is 0 Å². The molecule has 0 aromatic heterocycles. The molecule has 8 radical (unpaired) electrons. The van der Waals surface area contributed by atoms with Crippen LogP contribution in [0.5, 0.6) is 0 Å². The van der Waals surface area contributed by atoms with Crippen LogP contribution in [-0.4, -0.2) is 182 Å². The lowest BCUT2D eigenvalue weighted by molar-refractivity contribution is -0.123. The van der Waals surface area contributed by atoms with Crippen LogP contribution in [0, 0.1) is 21.7 Å². The number of amides is 4. The number of thiocarbonyl (C=S) groups is 2. The van der Waals surface area contributed by atoms with Crippen molar-refractivity contribution in [1.82, 2.24) is 21.3 Å². The SMILES string of the molecule is C.C.C.C.C.C.C.C.[B]C(=O)OCCOCCNC(=O)CC(C)(C)C.[B]C(=O)OCCOCCNC(=O)CCC(C)(C)C.[B]C(=S)OCCOCCNC(=O)CC(C)(C)C.[B]C(=S)OCCOCCNC(=O)CCC(C)(C)C. The lowest BCUT2D eigenvalue weighted by Gasteiger charge is -2.17. The van der Waals surface area contributed by atoms with Crippen molar-refractivity contribution in [3.8, 4) is 0 Å². The molecule has 0 saturated carbocycles. The van der Waals surface area contributed by atoms with Gasteiger partial charge in [0.05, 0.1) is 62.8 Å². The summed E-state index contributed by atoms with van der Waals surface area (Å²) in [6.07, 6.45) is 3.80. The van der Waals surface area contributed by atoms with Gasteiger partial charge in [-0.1, -0.05) is 167 Å². The molecule has 0 rings (SSSR count). The summed E-state index contributed by atoms with van der Waals surface area (Å²) < 4.78 is 39.3. The maximum Gasteiger partial charge on any atom is 0.235 e. The van der Waals surface area contributed by atoms with Crippen molar-refractivity contribution >= 4 is 101 Å². The number of hydrogen-bond donors (Lipinski definition) is 4. The lowest BCUT2D eigenvalue weighted by atomic mass is 9.90. The Morgan fingerprint density at radius 2 is 0.551 bits per heavy atom. The Morgan fingerprint density at radius 3 is 0.744 bits per heavy atom. The molecule has 18 nitrogen and oxygen atoms in total. The van der Waals surface area contributed by atoms with Gasteiger partial charge < -0.3 is 59.2 Å². The second kappa shape index (κ2) is 62.9. The van der Waals surface area contributed by atoms with Gasteiger partial charge in [0, 0.05) is 51.9 Å². The Bertz CT molecular complexity index is 1360. The van der Waals surface area contributed by atoms with Crippen molar-refractivity contribution in [2.24, 2.45) is 21.7 Å². The largest absolute Gasteiger partial charge is 0.496 e. The van der Waals surface area contributed by atoms with Gasteiger partial charge >= 0.3 is 0 Å². The van der Waals surface area contributed by atoms with Crippen LogP contribution in [0.1, 0.15) is 181 Å². The predicted octanol–water partition coefficient (Wildman–Crippen LogP) is 9.64. The quantitative estimate of drug-likeness (QED) is 0.0298. The predicted molar refractivity (Wildman–Crippen MR) is 337 cm³/mol. The monoisotopic (exact) mass is 1150 g/mol. The second-order valence-corrected chi connectivity index (χ2v) is 20.9. The summed E-state index contributed by atoms with van der Waals surface area (Å²) in [4.78, 5) is 66.1. The molecule has 0 saturated heterocycles. The third-order valence-corrected chi connectivity index (χ3v) is 7.98. The zero-order valence-electron chi connectivity index (χ0n) is 44.4. The van der Waals surface area contributed by atoms with Crippen LogP contribution in [-0.2, 0) is 57.1 Å². The third-order valence-electron chi connectivity index (χ3n) is 7.75. The zero-order chi connectivity index (χ0) is 54.7. The zero-order valence-corrected chi connectivity index (χ0v) is 46.0. The van der Waals surface area contributed by atoms with Crippen LogP contribution < -0.4 is 21.3 Å². The van der Waals surface area contributed by atoms with Crippen molar-refractivity contribution in [3.05, 3.63) is 0 Å². The Hall–Kier alpha value is -3.30. The minimum atomic E-state index is -0.813. The highest BCUT2D eigenvalue weighted by Crippen LogP contribution is 2.21. The minimum absolute atomic E-state index is 0. The van der Waals surface area contributed by atoms with E-state index in [1.807, 2.05) is 41.5 Å². The average Bonchev–Trinajstić information content (AvgIpc) is 3.19. The molecule has 0 aromatic rings. The minimum Gasteiger partial charge on any atom is -0.496 e. The molecule has 0 atom stereocenters. The summed E-state index contributed by atoms with van der Waals surface area (Å²) in [6.45, 7) is 30.7. The summed E-state index contributed by atoms with van der Waals surface area (Å²) in [5.41, 5.74) is 0.349. The Kier molecular flexibility index (Phi) is 83.2. The third kappa shape index (κ3) is 108. The molecule has 78 heavy (non-hydrogen) atoms. The highest BCUT2D eigenvalue weighted by Gasteiger charge is 2.17. The number of ether oxygens (including phenoxy) is 8. The van der Waals surface area contributed by atoms with Gasteiger partial charge in [0.15, 0.2) is 15.7 Å². The number of carbonyl (C=O) groups is 6. The molecule has 4 N–H and O–H groups in total. The maximum atomic E-state index is 11.4. The molecular formula is C54H116B4N4O14S2. The molecule has 24 heteroatoms. The highest BCUT2D eigenvalue weighted by atomic mass is 32.1. The van der Waals surface area contributed by atoms with Crippen LogP contribution >= 0.6 is 24.4 Å². The van der Waals surface area contributed by atoms with E-state index in [4.69, 9.17) is 59.8 Å². The van der Waals surface area contributed by atoms with Crippen LogP contribution in [0.4, 0.5) is 9.59 Å². The van der Waals surface area contributed by atoms with Gasteiger partial charge in [0.2, 0.25) is 51.1 Å². The molecule has 0 aliphatic rings. The van der Waals surface area contributed by atoms with Crippen LogP contribution in [0.15, 0.2) is 0 Å². The van der Waals surface area contributed by atoms with Gasteiger partial charge in [-0.05, 0) is 34.5 Å². The Morgan fingerprint density at radius 1 is 0.333 bits per heavy atom. The molecule has 0 unspecified atom stereocenters. The molecule has 4 amide bonds. The molecule has 0 heterocycles. The molecular weight excluding hydrogens is 1040 g/mol. The van der Waals surface area contributed by atoms with E-state index in [9.17, 15) is 28.8 Å². The molecule has 0 aliphatic carbocycles. The standard InChI is InChI=1S/C12H22BNO4.C12H22BNO3S.C11H20BNO4.C11H20BNO3S.8CH4/c1-12(2,3)5-4-10(15)14-6-7-17-8-9-18-11(13)16;1-12(2,3)5-4-10(15)14-6-7-16-8-9-17-11(13)18;1-11(2,3)8-9(14)13-4-5-16-6-7-17-10(12)15;1-11(2,3)8-9(14)13-4-5-15-6-7-16-10(12)17;;;;;;;;/h2*4-9H2,1-3H3,(H,14,15);2*4-8H2,1-3H3,(H,13,14);8*1H4. The molecule has 0 fully saturated rings. The molecule has 0 spiro atoms. The van der Waals surface area contributed by atoms with E-state index in [-0.39, 0.29) is 141 Å². The van der Waals surface area contributed by atoms with E-state index < -0.39 is 11.7 Å². The first-order valence-electron chi connectivity index (χ1n) is 23.3. The van der Waals surface area contributed by atoms with Crippen molar-refractivity contribution < 1.29 is 66.7 Å². The van der Waals surface area contributed by atoms with E-state index in [0.29, 0.717) is 105 Å². The number of hydrogen-bond acceptors (Lipinski definition) is 16. The first kappa shape index (κ1) is 103. The number of carbonyl (C=O) groups excluding carboxylic acids is 6. The maximum absolute atomic E-state index is 11.4. The fraction of sp³-hybridized carbons (Fsp3) is 0.852. The summed E-state index contributed by atoms with van der Waals surface area (Å²) in [5.74, 6) is -1.48. The normalized spacial score (nSPS) is 9.90. The van der Waals surface area contributed by atoms with Crippen molar-refractivity contribution in [1.29, 1.82) is 0 Å². The van der Waals surface area contributed by atoms with Gasteiger partial charge in [0.1, 0.15) is 26.4 Å². The number of nitrogens with one attached hydrogen (secondary N) is 4. The summed E-state index contributed by atoms with van der Waals surface area (Å²) in [5, 5.41) is 11.1. The molecule has 460 valence electrons. The number of rotatable bonds is 30. The fourth-order valence-electron chi connectivity index (χ4n) is 4.51. The Labute approximate surface area is 495 Å². The van der Waals surface area contributed by atoms with Gasteiger partial charge in [-0.15, -0.1) is 0 Å². The molecule has 0 aromatic carbocycles. The highest BCUT2D eigenvalue weighted by molar-refractivity contribution is 7.82. The summed E-state index contributed by atoms with van der Waals surface area (Å²) in [6, 6.07) is 0. The topological polar surface area (TPSA) is 224 Å². The fourth-order valence-corrected chi connectivity index (χ4v) is 4.67. The van der Waals surface area contributed by atoms with Crippen LogP contribution in [0.3, 0.4) is 0 Å². The van der Waals surface area contributed by atoms with Crippen molar-refractivity contribution in [2.75, 3.05) is 105 Å². The molecule has 0 aliphatic heterocycles. The Balaban J connectivity index is -0.0000000720. The van der Waals surface area contributed by atoms with E-state index in [0.717, 1.165) is 12.8 Å². The second-order valence-electron chi connectivity index (χ2n) is 20.1. The average molecular weight is 1150 g/mol. The summed E-state index contributed by atoms with van der Waals surface area (Å²) in [7, 11) is 19.8. The van der Waals surface area contributed by atoms with Gasteiger partial charge in [-0.3, -0.25) is 28.8 Å². The van der Waals surface area contributed by atoms with Gasteiger partial charge in [0.25, 0.3) is 0 Å². The van der Waals surface area contributed by atoms with E-state index in [1.165, 1.54) is 0 Å². The van der Waals surface area contributed by atoms with Crippen molar-refractivity contribution in [2.45, 2.75) is 181 Å². The first-order valence-corrected chi connectivity index (χ1v) is 24.1. The van der Waals surface area contributed by atoms with E-state index in [2.05, 4.69) is 96.7 Å². The smallest absolute Gasteiger partial charge is 0.235 e. The lowest BCUT2D eigenvalue weighted by Crippen LogP contribution is -2.30. The first-order chi connectivity index (χ1) is 32.2. The van der Waals surface area contributed by atoms with Crippen LogP contribution in [0.25, 0.3) is 0 Å². The van der Waals surface area contributed by atoms with Gasteiger partial charge in [-0.2, -0.15) is 0 Å². The molecule has 0 bridgehead atoms. The van der Waals surface area contributed by atoms with Gasteiger partial charge in [-0.25, -0.2) is 0 Å². The summed E-state index contributed by atoms with van der Waals surface area (Å²) >= 11 is 9.06. The van der Waals surface area contributed by atoms with E-state index >= 15 is 0 Å². The van der Waals surface area contributed by atoms with Crippen LogP contribution in [0.2, 0.25) is 0 Å². The van der Waals surface area contributed by atoms with E-state index in [1.54, 1.807) is 0 Å².